The van der Waals surface area contributed by atoms with Gasteiger partial charge in [-0.3, -0.25) is 4.79 Å². The highest BCUT2D eigenvalue weighted by molar-refractivity contribution is 5.69. The Morgan fingerprint density at radius 1 is 1.80 bits per heavy atom. The minimum absolute atomic E-state index is 0.240. The molecule has 0 amide bonds. The van der Waals surface area contributed by atoms with Gasteiger partial charge < -0.3 is 14.6 Å². The standard InChI is InChI=1S/C10H15N3O2/c1-15-10(14)6-13-7-11-5-9(13)8-3-2-4-12-8/h5,7-8,12H,2-4,6H2,1H3/t8-/m0/s1. The summed E-state index contributed by atoms with van der Waals surface area (Å²) < 4.78 is 6.48. The molecule has 1 saturated heterocycles. The second-order valence-electron chi connectivity index (χ2n) is 3.67. The zero-order valence-corrected chi connectivity index (χ0v) is 8.77. The van der Waals surface area contributed by atoms with Gasteiger partial charge >= 0.3 is 5.97 Å². The molecule has 0 radical (unpaired) electrons. The van der Waals surface area contributed by atoms with E-state index in [1.165, 1.54) is 13.5 Å². The fraction of sp³-hybridized carbons (Fsp3) is 0.600. The highest BCUT2D eigenvalue weighted by Crippen LogP contribution is 2.22. The van der Waals surface area contributed by atoms with Crippen LogP contribution in [0.1, 0.15) is 24.6 Å². The fourth-order valence-corrected chi connectivity index (χ4v) is 1.89. The molecule has 1 N–H and O–H groups in total. The Bertz CT molecular complexity index is 342. The van der Waals surface area contributed by atoms with E-state index in [0.29, 0.717) is 6.04 Å². The van der Waals surface area contributed by atoms with Crippen LogP contribution in [-0.2, 0) is 16.1 Å². The molecule has 1 aromatic rings. The minimum Gasteiger partial charge on any atom is -0.468 e. The molecule has 1 fully saturated rings. The fourth-order valence-electron chi connectivity index (χ4n) is 1.89. The SMILES string of the molecule is COC(=O)Cn1cncc1[C@@H]1CCCN1. The lowest BCUT2D eigenvalue weighted by Crippen LogP contribution is -2.19. The predicted octanol–water partition coefficient (Wildman–Crippen LogP) is 0.481. The molecule has 82 valence electrons. The maximum absolute atomic E-state index is 11.2. The number of carbonyl (C=O) groups excluding carboxylic acids is 1. The van der Waals surface area contributed by atoms with Crippen molar-refractivity contribution in [3.8, 4) is 0 Å². The molecule has 0 saturated carbocycles. The molecule has 1 aliphatic rings. The molecule has 0 bridgehead atoms. The largest absolute Gasteiger partial charge is 0.468 e. The maximum atomic E-state index is 11.2. The second kappa shape index (κ2) is 4.44. The van der Waals surface area contributed by atoms with Crippen LogP contribution in [0.2, 0.25) is 0 Å². The third-order valence-corrected chi connectivity index (χ3v) is 2.69. The predicted molar refractivity (Wildman–Crippen MR) is 54.2 cm³/mol. The number of nitrogens with zero attached hydrogens (tertiary/aromatic N) is 2. The van der Waals surface area contributed by atoms with Crippen LogP contribution in [0.25, 0.3) is 0 Å². The van der Waals surface area contributed by atoms with Gasteiger partial charge in [-0.25, -0.2) is 4.98 Å². The van der Waals surface area contributed by atoms with Crippen LogP contribution in [0.3, 0.4) is 0 Å². The molecule has 1 aromatic heterocycles. The van der Waals surface area contributed by atoms with E-state index in [4.69, 9.17) is 0 Å². The summed E-state index contributed by atoms with van der Waals surface area (Å²) in [6.45, 7) is 1.28. The summed E-state index contributed by atoms with van der Waals surface area (Å²) >= 11 is 0. The number of hydrogen-bond donors (Lipinski definition) is 1. The molecule has 5 heteroatoms. The zero-order chi connectivity index (χ0) is 10.7. The first-order valence-corrected chi connectivity index (χ1v) is 5.11. The monoisotopic (exact) mass is 209 g/mol. The van der Waals surface area contributed by atoms with Crippen LogP contribution < -0.4 is 5.32 Å². The van der Waals surface area contributed by atoms with Gasteiger partial charge in [-0.05, 0) is 19.4 Å². The van der Waals surface area contributed by atoms with Crippen molar-refractivity contribution in [2.75, 3.05) is 13.7 Å². The third-order valence-electron chi connectivity index (χ3n) is 2.69. The molecule has 0 unspecified atom stereocenters. The van der Waals surface area contributed by atoms with Crippen molar-refractivity contribution in [3.63, 3.8) is 0 Å². The number of ether oxygens (including phenoxy) is 1. The average molecular weight is 209 g/mol. The first-order chi connectivity index (χ1) is 7.31. The molecule has 0 aliphatic carbocycles. The van der Waals surface area contributed by atoms with E-state index in [-0.39, 0.29) is 12.5 Å². The second-order valence-corrected chi connectivity index (χ2v) is 3.67. The van der Waals surface area contributed by atoms with Gasteiger partial charge in [0.25, 0.3) is 0 Å². The lowest BCUT2D eigenvalue weighted by molar-refractivity contribution is -0.141. The first-order valence-electron chi connectivity index (χ1n) is 5.11. The summed E-state index contributed by atoms with van der Waals surface area (Å²) in [5, 5.41) is 3.38. The van der Waals surface area contributed by atoms with Crippen LogP contribution in [0.4, 0.5) is 0 Å². The van der Waals surface area contributed by atoms with Gasteiger partial charge in [-0.1, -0.05) is 0 Å². The van der Waals surface area contributed by atoms with Crippen molar-refractivity contribution in [1.29, 1.82) is 0 Å². The third kappa shape index (κ3) is 2.18. The molecule has 5 nitrogen and oxygen atoms in total. The molecular formula is C10H15N3O2. The van der Waals surface area contributed by atoms with Crippen molar-refractivity contribution in [1.82, 2.24) is 14.9 Å². The van der Waals surface area contributed by atoms with Crippen LogP contribution in [-0.4, -0.2) is 29.2 Å². The number of esters is 1. The Morgan fingerprint density at radius 3 is 3.33 bits per heavy atom. The smallest absolute Gasteiger partial charge is 0.325 e. The molecule has 2 rings (SSSR count). The zero-order valence-electron chi connectivity index (χ0n) is 8.77. The Hall–Kier alpha value is -1.36. The highest BCUT2D eigenvalue weighted by atomic mass is 16.5. The summed E-state index contributed by atoms with van der Waals surface area (Å²) in [6, 6.07) is 0.331. The molecule has 1 aliphatic heterocycles. The van der Waals surface area contributed by atoms with Gasteiger partial charge in [0.05, 0.1) is 19.1 Å². The van der Waals surface area contributed by atoms with E-state index < -0.39 is 0 Å². The summed E-state index contributed by atoms with van der Waals surface area (Å²) in [4.78, 5) is 15.2. The van der Waals surface area contributed by atoms with Gasteiger partial charge in [-0.15, -0.1) is 0 Å². The number of hydrogen-bond acceptors (Lipinski definition) is 4. The van der Waals surface area contributed by atoms with Crippen molar-refractivity contribution in [3.05, 3.63) is 18.2 Å². The van der Waals surface area contributed by atoms with E-state index in [9.17, 15) is 4.79 Å². The Morgan fingerprint density at radius 2 is 2.67 bits per heavy atom. The first kappa shape index (κ1) is 10.2. The van der Waals surface area contributed by atoms with Crippen molar-refractivity contribution in [2.45, 2.75) is 25.4 Å². The number of carbonyl (C=O) groups is 1. The Balaban J connectivity index is 2.10. The number of nitrogens with one attached hydrogen (secondary N) is 1. The molecular weight excluding hydrogens is 194 g/mol. The van der Waals surface area contributed by atoms with E-state index in [0.717, 1.165) is 18.7 Å². The van der Waals surface area contributed by atoms with E-state index in [1.807, 2.05) is 10.8 Å². The molecule has 0 spiro atoms. The van der Waals surface area contributed by atoms with Gasteiger partial charge in [0.15, 0.2) is 0 Å². The number of imidazole rings is 1. The molecule has 2 heterocycles. The number of aromatic nitrogens is 2. The summed E-state index contributed by atoms with van der Waals surface area (Å²) in [6.07, 6.45) is 5.76. The van der Waals surface area contributed by atoms with Gasteiger partial charge in [-0.2, -0.15) is 0 Å². The van der Waals surface area contributed by atoms with Crippen LogP contribution in [0.15, 0.2) is 12.5 Å². The summed E-state index contributed by atoms with van der Waals surface area (Å²) in [5.41, 5.74) is 1.07. The molecule has 15 heavy (non-hydrogen) atoms. The minimum atomic E-state index is -0.243. The van der Waals surface area contributed by atoms with Crippen molar-refractivity contribution < 1.29 is 9.53 Å². The normalized spacial score (nSPS) is 20.5. The molecule has 1 atom stereocenters. The van der Waals surface area contributed by atoms with Crippen molar-refractivity contribution in [2.24, 2.45) is 0 Å². The summed E-state index contributed by atoms with van der Waals surface area (Å²) in [7, 11) is 1.40. The van der Waals surface area contributed by atoms with E-state index in [1.54, 1.807) is 6.33 Å². The summed E-state index contributed by atoms with van der Waals surface area (Å²) in [5.74, 6) is -0.243. The number of rotatable bonds is 3. The maximum Gasteiger partial charge on any atom is 0.325 e. The lowest BCUT2D eigenvalue weighted by atomic mass is 10.2. The average Bonchev–Trinajstić information content (AvgIpc) is 2.86. The van der Waals surface area contributed by atoms with Gasteiger partial charge in [0.2, 0.25) is 0 Å². The van der Waals surface area contributed by atoms with E-state index >= 15 is 0 Å². The van der Waals surface area contributed by atoms with Crippen LogP contribution in [0.5, 0.6) is 0 Å². The quantitative estimate of drug-likeness (QED) is 0.736. The van der Waals surface area contributed by atoms with Gasteiger partial charge in [0, 0.05) is 12.2 Å². The van der Waals surface area contributed by atoms with Crippen LogP contribution in [0, 0.1) is 0 Å². The molecule has 0 aromatic carbocycles. The van der Waals surface area contributed by atoms with Crippen LogP contribution >= 0.6 is 0 Å². The number of methoxy groups -OCH3 is 1. The Labute approximate surface area is 88.4 Å². The van der Waals surface area contributed by atoms with Crippen molar-refractivity contribution >= 4 is 5.97 Å². The lowest BCUT2D eigenvalue weighted by Gasteiger charge is -2.12. The highest BCUT2D eigenvalue weighted by Gasteiger charge is 2.20. The topological polar surface area (TPSA) is 56.2 Å². The Kier molecular flexibility index (Phi) is 3.01. The van der Waals surface area contributed by atoms with Gasteiger partial charge in [0.1, 0.15) is 6.54 Å². The van der Waals surface area contributed by atoms with E-state index in [2.05, 4.69) is 15.0 Å².